The first-order valence-electron chi connectivity index (χ1n) is 9.07. The summed E-state index contributed by atoms with van der Waals surface area (Å²) in [5.41, 5.74) is 1.39. The Hall–Kier alpha value is -2.28. The van der Waals surface area contributed by atoms with Crippen molar-refractivity contribution in [1.82, 2.24) is 4.98 Å². The maximum Gasteiger partial charge on any atom is 0.238 e. The minimum Gasteiger partial charge on any atom is -0.454 e. The molecule has 0 spiro atoms. The van der Waals surface area contributed by atoms with Gasteiger partial charge in [0.05, 0.1) is 27.5 Å². The quantitative estimate of drug-likeness (QED) is 0.466. The summed E-state index contributed by atoms with van der Waals surface area (Å²) in [6, 6.07) is 15.6. The molecule has 1 heterocycles. The van der Waals surface area contributed by atoms with Crippen LogP contribution in [0.5, 0.6) is 11.5 Å². The summed E-state index contributed by atoms with van der Waals surface area (Å²) in [4.78, 5) is 4.08. The molecule has 8 heteroatoms. The fraction of sp³-hybridized carbons (Fsp3) is 0.190. The van der Waals surface area contributed by atoms with Gasteiger partial charge in [-0.3, -0.25) is 9.29 Å². The molecule has 150 valence electrons. The van der Waals surface area contributed by atoms with Gasteiger partial charge in [0.1, 0.15) is 5.75 Å². The van der Waals surface area contributed by atoms with Gasteiger partial charge < -0.3 is 4.74 Å². The molecule has 1 aliphatic carbocycles. The number of ether oxygens (including phenoxy) is 1. The maximum absolute atomic E-state index is 13.0. The molecule has 0 aliphatic heterocycles. The van der Waals surface area contributed by atoms with E-state index in [1.165, 1.54) is 4.31 Å². The first-order chi connectivity index (χ1) is 13.9. The number of anilines is 1. The molecule has 2 aromatic carbocycles. The molecule has 5 nitrogen and oxygen atoms in total. The predicted molar refractivity (Wildman–Crippen MR) is 115 cm³/mol. The van der Waals surface area contributed by atoms with Crippen LogP contribution in [0, 0.1) is 0 Å². The van der Waals surface area contributed by atoms with E-state index < -0.39 is 10.0 Å². The third-order valence-corrected chi connectivity index (χ3v) is 7.43. The maximum atomic E-state index is 13.0. The SMILES string of the molecule is O=S(=O)(C1CC1)N(Cc1cccnc1)c1ccc(Oc2c(Cl)cccc2Cl)cc1. The van der Waals surface area contributed by atoms with E-state index in [1.807, 2.05) is 6.07 Å². The fourth-order valence-corrected chi connectivity index (χ4v) is 5.22. The highest BCUT2D eigenvalue weighted by Gasteiger charge is 2.40. The first-order valence-corrected chi connectivity index (χ1v) is 11.3. The summed E-state index contributed by atoms with van der Waals surface area (Å²) in [7, 11) is -3.44. The number of hydrogen-bond donors (Lipinski definition) is 0. The minimum absolute atomic E-state index is 0.225. The summed E-state index contributed by atoms with van der Waals surface area (Å²) in [5, 5.41) is 0.476. The number of para-hydroxylation sites is 1. The highest BCUT2D eigenvalue weighted by molar-refractivity contribution is 7.93. The van der Waals surface area contributed by atoms with Gasteiger partial charge in [0.15, 0.2) is 5.75 Å². The van der Waals surface area contributed by atoms with E-state index in [0.29, 0.717) is 40.1 Å². The number of halogens is 2. The number of hydrogen-bond acceptors (Lipinski definition) is 4. The zero-order valence-corrected chi connectivity index (χ0v) is 17.7. The van der Waals surface area contributed by atoms with Crippen molar-refractivity contribution in [2.75, 3.05) is 4.31 Å². The van der Waals surface area contributed by atoms with E-state index in [2.05, 4.69) is 4.98 Å². The monoisotopic (exact) mass is 448 g/mol. The molecule has 29 heavy (non-hydrogen) atoms. The average Bonchev–Trinajstić information content (AvgIpc) is 3.56. The van der Waals surface area contributed by atoms with Crippen LogP contribution in [-0.4, -0.2) is 18.7 Å². The summed E-state index contributed by atoms with van der Waals surface area (Å²) >= 11 is 12.3. The highest BCUT2D eigenvalue weighted by atomic mass is 35.5. The van der Waals surface area contributed by atoms with Crippen molar-refractivity contribution in [2.24, 2.45) is 0 Å². The summed E-state index contributed by atoms with van der Waals surface area (Å²) in [6.45, 7) is 0.225. The van der Waals surface area contributed by atoms with Crippen LogP contribution in [0.3, 0.4) is 0 Å². The Morgan fingerprint density at radius 2 is 1.69 bits per heavy atom. The van der Waals surface area contributed by atoms with Crippen molar-refractivity contribution in [3.63, 3.8) is 0 Å². The molecule has 0 bridgehead atoms. The third kappa shape index (κ3) is 4.50. The van der Waals surface area contributed by atoms with E-state index in [-0.39, 0.29) is 11.8 Å². The molecule has 0 N–H and O–H groups in total. The van der Waals surface area contributed by atoms with E-state index in [9.17, 15) is 8.42 Å². The third-order valence-electron chi connectivity index (χ3n) is 4.57. The predicted octanol–water partition coefficient (Wildman–Crippen LogP) is 5.68. The molecule has 1 fully saturated rings. The van der Waals surface area contributed by atoms with E-state index in [0.717, 1.165) is 5.56 Å². The molecular formula is C21H18Cl2N2O3S. The van der Waals surface area contributed by atoms with Crippen LogP contribution in [0.1, 0.15) is 18.4 Å². The Labute approximate surface area is 179 Å². The van der Waals surface area contributed by atoms with Crippen LogP contribution in [-0.2, 0) is 16.6 Å². The largest absolute Gasteiger partial charge is 0.454 e. The van der Waals surface area contributed by atoms with Crippen LogP contribution in [0.15, 0.2) is 67.0 Å². The topological polar surface area (TPSA) is 59.5 Å². The molecule has 1 aliphatic rings. The molecule has 0 atom stereocenters. The summed E-state index contributed by atoms with van der Waals surface area (Å²) < 4.78 is 33.2. The van der Waals surface area contributed by atoms with E-state index in [1.54, 1.807) is 60.9 Å². The normalized spacial score (nSPS) is 13.9. The van der Waals surface area contributed by atoms with Crippen molar-refractivity contribution in [1.29, 1.82) is 0 Å². The Morgan fingerprint density at radius 1 is 1.00 bits per heavy atom. The minimum atomic E-state index is -3.44. The lowest BCUT2D eigenvalue weighted by atomic mass is 10.2. The number of rotatable bonds is 7. The lowest BCUT2D eigenvalue weighted by Crippen LogP contribution is -2.33. The molecule has 1 aromatic heterocycles. The lowest BCUT2D eigenvalue weighted by Gasteiger charge is -2.24. The highest BCUT2D eigenvalue weighted by Crippen LogP contribution is 2.38. The Morgan fingerprint density at radius 3 is 2.28 bits per heavy atom. The number of nitrogens with zero attached hydrogens (tertiary/aromatic N) is 2. The van der Waals surface area contributed by atoms with E-state index >= 15 is 0 Å². The van der Waals surface area contributed by atoms with Gasteiger partial charge in [0, 0.05) is 12.4 Å². The lowest BCUT2D eigenvalue weighted by molar-refractivity contribution is 0.483. The molecule has 3 aromatic rings. The van der Waals surface area contributed by atoms with Gasteiger partial charge in [-0.05, 0) is 60.9 Å². The van der Waals surface area contributed by atoms with Gasteiger partial charge in [0.25, 0.3) is 0 Å². The van der Waals surface area contributed by atoms with Crippen molar-refractivity contribution in [2.45, 2.75) is 24.6 Å². The Bertz CT molecular complexity index is 1080. The molecule has 0 saturated heterocycles. The number of benzene rings is 2. The van der Waals surface area contributed by atoms with Gasteiger partial charge in [-0.15, -0.1) is 0 Å². The second-order valence-electron chi connectivity index (χ2n) is 6.76. The van der Waals surface area contributed by atoms with Crippen molar-refractivity contribution >= 4 is 38.9 Å². The van der Waals surface area contributed by atoms with Gasteiger partial charge in [0.2, 0.25) is 10.0 Å². The van der Waals surface area contributed by atoms with Crippen molar-refractivity contribution in [3.8, 4) is 11.5 Å². The summed E-state index contributed by atoms with van der Waals surface area (Å²) in [6.07, 6.45) is 4.72. The Balaban J connectivity index is 1.61. The van der Waals surface area contributed by atoms with Crippen LogP contribution < -0.4 is 9.04 Å². The molecule has 0 unspecified atom stereocenters. The fourth-order valence-electron chi connectivity index (χ4n) is 2.91. The van der Waals surface area contributed by atoms with Crippen LogP contribution in [0.2, 0.25) is 10.0 Å². The standard InChI is InChI=1S/C21H18Cl2N2O3S/c22-19-4-1-5-20(23)21(19)28-17-8-6-16(7-9-17)25(29(26,27)18-10-11-18)14-15-3-2-12-24-13-15/h1-9,12-13,18H,10-11,14H2. The average molecular weight is 449 g/mol. The van der Waals surface area contributed by atoms with Gasteiger partial charge in [-0.1, -0.05) is 35.3 Å². The van der Waals surface area contributed by atoms with E-state index in [4.69, 9.17) is 27.9 Å². The number of pyridine rings is 1. The second-order valence-corrected chi connectivity index (χ2v) is 9.71. The van der Waals surface area contributed by atoms with Gasteiger partial charge in [-0.25, -0.2) is 8.42 Å². The summed E-state index contributed by atoms with van der Waals surface area (Å²) in [5.74, 6) is 0.871. The van der Waals surface area contributed by atoms with Crippen LogP contribution >= 0.6 is 23.2 Å². The van der Waals surface area contributed by atoms with Crippen molar-refractivity contribution < 1.29 is 13.2 Å². The zero-order chi connectivity index (χ0) is 20.4. The molecule has 4 rings (SSSR count). The van der Waals surface area contributed by atoms with Gasteiger partial charge >= 0.3 is 0 Å². The Kier molecular flexibility index (Phi) is 5.67. The smallest absolute Gasteiger partial charge is 0.238 e. The molecule has 0 radical (unpaired) electrons. The number of sulfonamides is 1. The van der Waals surface area contributed by atoms with Crippen molar-refractivity contribution in [3.05, 3.63) is 82.6 Å². The molecule has 0 amide bonds. The zero-order valence-electron chi connectivity index (χ0n) is 15.3. The number of aromatic nitrogens is 1. The van der Waals surface area contributed by atoms with Gasteiger partial charge in [-0.2, -0.15) is 0 Å². The second kappa shape index (κ2) is 8.22. The molecule has 1 saturated carbocycles. The molecular weight excluding hydrogens is 431 g/mol. The van der Waals surface area contributed by atoms with Crippen LogP contribution in [0.25, 0.3) is 0 Å². The van der Waals surface area contributed by atoms with Crippen LogP contribution in [0.4, 0.5) is 5.69 Å². The first kappa shape index (κ1) is 20.0.